The summed E-state index contributed by atoms with van der Waals surface area (Å²) in [5.74, 6) is 0.400. The van der Waals surface area contributed by atoms with Crippen molar-refractivity contribution in [3.8, 4) is 0 Å². The molecule has 0 radical (unpaired) electrons. The van der Waals surface area contributed by atoms with Gasteiger partial charge in [-0.15, -0.1) is 0 Å². The summed E-state index contributed by atoms with van der Waals surface area (Å²) in [6, 6.07) is 0. The molecule has 0 saturated carbocycles. The third-order valence-electron chi connectivity index (χ3n) is 5.25. The van der Waals surface area contributed by atoms with Crippen molar-refractivity contribution in [2.75, 3.05) is 13.1 Å². The highest BCUT2D eigenvalue weighted by atomic mass is 15.3. The van der Waals surface area contributed by atoms with E-state index in [0.29, 0.717) is 5.92 Å². The Balaban J connectivity index is 2.19. The van der Waals surface area contributed by atoms with Crippen LogP contribution in [0, 0.1) is 5.92 Å². The minimum absolute atomic E-state index is 0.238. The molecule has 1 aromatic rings. The zero-order chi connectivity index (χ0) is 15.0. The van der Waals surface area contributed by atoms with Gasteiger partial charge in [0.1, 0.15) is 0 Å². The monoisotopic (exact) mass is 285 g/mol. The zero-order valence-electron chi connectivity index (χ0n) is 13.3. The average molecular weight is 285 g/mol. The van der Waals surface area contributed by atoms with E-state index in [1.54, 1.807) is 0 Å². The molecule has 114 valence electrons. The average Bonchev–Trinajstić information content (AvgIpc) is 2.88. The van der Waals surface area contributed by atoms with Crippen molar-refractivity contribution in [1.82, 2.24) is 9.88 Å². The lowest BCUT2D eigenvalue weighted by Gasteiger charge is -2.52. The van der Waals surface area contributed by atoms with E-state index in [1.165, 1.54) is 34.5 Å². The van der Waals surface area contributed by atoms with Crippen LogP contribution in [0.25, 0.3) is 11.6 Å². The molecule has 0 amide bonds. The molecule has 3 rings (SSSR count). The Bertz CT molecular complexity index is 652. The molecule has 21 heavy (non-hydrogen) atoms. The van der Waals surface area contributed by atoms with Crippen molar-refractivity contribution in [3.63, 3.8) is 0 Å². The Kier molecular flexibility index (Phi) is 3.80. The number of H-pyrrole nitrogens is 1. The lowest BCUT2D eigenvalue weighted by atomic mass is 9.71. The van der Waals surface area contributed by atoms with Crippen molar-refractivity contribution in [2.24, 2.45) is 11.7 Å². The van der Waals surface area contributed by atoms with E-state index in [1.807, 2.05) is 6.08 Å². The Morgan fingerprint density at radius 1 is 1.57 bits per heavy atom. The first-order valence-corrected chi connectivity index (χ1v) is 8.18. The molecule has 3 nitrogen and oxygen atoms in total. The Hall–Kier alpha value is -1.32. The van der Waals surface area contributed by atoms with E-state index in [9.17, 15) is 0 Å². The van der Waals surface area contributed by atoms with Gasteiger partial charge in [-0.25, -0.2) is 0 Å². The van der Waals surface area contributed by atoms with Crippen molar-refractivity contribution >= 4 is 11.6 Å². The van der Waals surface area contributed by atoms with Crippen LogP contribution in [0.3, 0.4) is 0 Å². The maximum Gasteiger partial charge on any atom is 0.0799 e. The summed E-state index contributed by atoms with van der Waals surface area (Å²) < 4.78 is 0. The molecule has 3 N–H and O–H groups in total. The Labute approximate surface area is 127 Å². The van der Waals surface area contributed by atoms with Crippen LogP contribution in [0.1, 0.15) is 38.7 Å². The molecular weight excluding hydrogens is 258 g/mol. The Morgan fingerprint density at radius 2 is 2.38 bits per heavy atom. The Morgan fingerprint density at radius 3 is 3.05 bits per heavy atom. The van der Waals surface area contributed by atoms with Crippen LogP contribution < -0.4 is 16.3 Å². The summed E-state index contributed by atoms with van der Waals surface area (Å²) in [6.45, 7) is 10.6. The third-order valence-corrected chi connectivity index (χ3v) is 5.25. The van der Waals surface area contributed by atoms with Gasteiger partial charge in [-0.3, -0.25) is 4.90 Å². The van der Waals surface area contributed by atoms with Gasteiger partial charge in [-0.05, 0) is 50.4 Å². The molecule has 1 fully saturated rings. The van der Waals surface area contributed by atoms with Gasteiger partial charge >= 0.3 is 0 Å². The first-order valence-electron chi connectivity index (χ1n) is 8.18. The fraction of sp³-hybridized carbons (Fsp3) is 0.556. The highest BCUT2D eigenvalue weighted by Crippen LogP contribution is 2.39. The fourth-order valence-corrected chi connectivity index (χ4v) is 4.33. The molecular formula is C18H27N3. The number of aromatic nitrogens is 1. The molecule has 1 aromatic heterocycles. The topological polar surface area (TPSA) is 45.1 Å². The molecule has 0 spiro atoms. The van der Waals surface area contributed by atoms with Crippen LogP contribution in [-0.4, -0.2) is 28.6 Å². The molecule has 2 aliphatic rings. The molecule has 1 aliphatic heterocycles. The number of nitrogens with two attached hydrogens (primary N) is 1. The van der Waals surface area contributed by atoms with Crippen molar-refractivity contribution < 1.29 is 0 Å². The zero-order valence-corrected chi connectivity index (χ0v) is 13.3. The summed E-state index contributed by atoms with van der Waals surface area (Å²) in [4.78, 5) is 5.92. The van der Waals surface area contributed by atoms with Gasteiger partial charge in [0.25, 0.3) is 0 Å². The highest BCUT2D eigenvalue weighted by molar-refractivity contribution is 5.63. The fourth-order valence-electron chi connectivity index (χ4n) is 4.33. The number of aromatic amines is 1. The van der Waals surface area contributed by atoms with Crippen LogP contribution in [0.5, 0.6) is 0 Å². The molecule has 2 heterocycles. The predicted octanol–water partition coefficient (Wildman–Crippen LogP) is 1.48. The molecule has 1 unspecified atom stereocenters. The minimum atomic E-state index is -0.238. The van der Waals surface area contributed by atoms with Gasteiger partial charge in [0.2, 0.25) is 0 Å². The number of nitrogens with zero attached hydrogens (tertiary/aromatic N) is 1. The van der Waals surface area contributed by atoms with Gasteiger partial charge in [0, 0.05) is 29.1 Å². The van der Waals surface area contributed by atoms with E-state index >= 15 is 0 Å². The summed E-state index contributed by atoms with van der Waals surface area (Å²) >= 11 is 0. The van der Waals surface area contributed by atoms with Crippen LogP contribution in [-0.2, 0) is 6.42 Å². The number of fused-ring (bicyclic) bond motifs is 2. The second-order valence-electron chi connectivity index (χ2n) is 6.40. The van der Waals surface area contributed by atoms with Gasteiger partial charge in [0.15, 0.2) is 0 Å². The van der Waals surface area contributed by atoms with Gasteiger partial charge in [-0.2, -0.15) is 0 Å². The van der Waals surface area contributed by atoms with Crippen LogP contribution in [0.15, 0.2) is 18.9 Å². The summed E-state index contributed by atoms with van der Waals surface area (Å²) in [6.07, 6.45) is 10.8. The second-order valence-corrected chi connectivity index (χ2v) is 6.40. The number of hydrogen-bond acceptors (Lipinski definition) is 2. The lowest BCUT2D eigenvalue weighted by Crippen LogP contribution is -2.67. The molecule has 0 bridgehead atoms. The number of nitrogens with one attached hydrogen (secondary N) is 1. The molecule has 0 aromatic carbocycles. The van der Waals surface area contributed by atoms with E-state index in [2.05, 4.69) is 42.6 Å². The van der Waals surface area contributed by atoms with Crippen molar-refractivity contribution in [2.45, 2.75) is 45.2 Å². The molecule has 2 atom stereocenters. The summed E-state index contributed by atoms with van der Waals surface area (Å²) in [5.41, 5.74) is 9.41. The van der Waals surface area contributed by atoms with Gasteiger partial charge < -0.3 is 10.7 Å². The number of rotatable bonds is 3. The number of allylic oxidation sites excluding steroid dienone is 1. The van der Waals surface area contributed by atoms with Crippen LogP contribution in [0.2, 0.25) is 0 Å². The number of hydrogen-bond donors (Lipinski definition) is 2. The largest absolute Gasteiger partial charge is 0.361 e. The van der Waals surface area contributed by atoms with Crippen molar-refractivity contribution in [1.29, 1.82) is 0 Å². The standard InChI is InChI=1S/C18H27N3/c1-4-9-21-10-7-8-15-14(5-2)17-13(11-18(15,21)19)12-20-16(17)6-3/h5-6,12,15,20H,2,4,7-11,19H2,1,3H3/b16-6+/t15?,18-/m1/s1. The number of piperidine rings is 1. The quantitative estimate of drug-likeness (QED) is 0.884. The van der Waals surface area contributed by atoms with Gasteiger partial charge in [0.05, 0.1) is 5.66 Å². The van der Waals surface area contributed by atoms with E-state index < -0.39 is 0 Å². The van der Waals surface area contributed by atoms with Crippen molar-refractivity contribution in [3.05, 3.63) is 35.0 Å². The minimum Gasteiger partial charge on any atom is -0.361 e. The molecule has 3 heteroatoms. The summed E-state index contributed by atoms with van der Waals surface area (Å²) in [5, 5.41) is 2.58. The maximum atomic E-state index is 6.96. The normalized spacial score (nSPS) is 30.1. The van der Waals surface area contributed by atoms with Crippen LogP contribution >= 0.6 is 0 Å². The smallest absolute Gasteiger partial charge is 0.0799 e. The first-order chi connectivity index (χ1) is 10.2. The number of likely N-dealkylation sites (tertiary alicyclic amines) is 1. The molecule has 1 aliphatic carbocycles. The third kappa shape index (κ3) is 2.11. The SMILES string of the molecule is C=CC1=c2c(c[nH]/c2=C/C)C[C@]2(N)C1CCCN2CCC. The predicted molar refractivity (Wildman–Crippen MR) is 89.0 cm³/mol. The lowest BCUT2D eigenvalue weighted by molar-refractivity contribution is 0.0184. The van der Waals surface area contributed by atoms with E-state index in [4.69, 9.17) is 5.73 Å². The van der Waals surface area contributed by atoms with Gasteiger partial charge in [-0.1, -0.05) is 25.7 Å². The summed E-state index contributed by atoms with van der Waals surface area (Å²) in [7, 11) is 0. The van der Waals surface area contributed by atoms with Crippen LogP contribution in [0.4, 0.5) is 0 Å². The highest BCUT2D eigenvalue weighted by Gasteiger charge is 2.46. The second kappa shape index (κ2) is 5.47. The maximum absolute atomic E-state index is 6.96. The van der Waals surface area contributed by atoms with E-state index in [0.717, 1.165) is 25.9 Å². The molecule has 1 saturated heterocycles. The van der Waals surface area contributed by atoms with E-state index in [-0.39, 0.29) is 5.66 Å². The first kappa shape index (κ1) is 14.6.